The molecule has 0 saturated carbocycles. The fourth-order valence-electron chi connectivity index (χ4n) is 2.00. The summed E-state index contributed by atoms with van der Waals surface area (Å²) < 4.78 is 0. The molecule has 0 saturated heterocycles. The minimum atomic E-state index is -0.431. The summed E-state index contributed by atoms with van der Waals surface area (Å²) in [5.41, 5.74) is 6.83. The molecular formula is C15H26N2O. The van der Waals surface area contributed by atoms with Gasteiger partial charge in [0, 0.05) is 13.1 Å². The van der Waals surface area contributed by atoms with Crippen LogP contribution < -0.4 is 5.73 Å². The lowest BCUT2D eigenvalue weighted by Gasteiger charge is -2.32. The lowest BCUT2D eigenvalue weighted by atomic mass is 9.93. The second-order valence-electron chi connectivity index (χ2n) is 5.62. The molecule has 0 bridgehead atoms. The first-order valence-corrected chi connectivity index (χ1v) is 6.64. The molecule has 0 amide bonds. The van der Waals surface area contributed by atoms with Crippen molar-refractivity contribution in [3.05, 3.63) is 35.9 Å². The van der Waals surface area contributed by atoms with Gasteiger partial charge in [-0.3, -0.25) is 0 Å². The molecule has 102 valence electrons. The van der Waals surface area contributed by atoms with Crippen LogP contribution in [0.5, 0.6) is 0 Å². The van der Waals surface area contributed by atoms with Crippen LogP contribution in [0.1, 0.15) is 32.4 Å². The molecule has 0 radical (unpaired) electrons. The summed E-state index contributed by atoms with van der Waals surface area (Å²) in [6.45, 7) is 9.57. The zero-order valence-electron chi connectivity index (χ0n) is 11.8. The number of nitrogens with two attached hydrogens (primary N) is 1. The van der Waals surface area contributed by atoms with Crippen LogP contribution in [-0.2, 0) is 0 Å². The molecule has 0 fully saturated rings. The highest BCUT2D eigenvalue weighted by Gasteiger charge is 2.21. The van der Waals surface area contributed by atoms with E-state index < -0.39 is 6.10 Å². The summed E-state index contributed by atoms with van der Waals surface area (Å²) in [6, 6.07) is 9.81. The molecule has 3 nitrogen and oxygen atoms in total. The SMILES string of the molecule is CCN(CC(O)c1ccccc1)CC(C)(C)CN. The minimum Gasteiger partial charge on any atom is -0.387 e. The van der Waals surface area contributed by atoms with E-state index in [1.807, 2.05) is 30.3 Å². The third kappa shape index (κ3) is 4.77. The Kier molecular flexibility index (Phi) is 5.79. The minimum absolute atomic E-state index is 0.0897. The molecule has 0 spiro atoms. The van der Waals surface area contributed by atoms with Gasteiger partial charge in [0.15, 0.2) is 0 Å². The maximum atomic E-state index is 10.2. The summed E-state index contributed by atoms with van der Waals surface area (Å²) in [5.74, 6) is 0. The monoisotopic (exact) mass is 250 g/mol. The summed E-state index contributed by atoms with van der Waals surface area (Å²) in [6.07, 6.45) is -0.431. The molecule has 18 heavy (non-hydrogen) atoms. The standard InChI is InChI=1S/C15H26N2O/c1-4-17(12-15(2,3)11-16)10-14(18)13-8-6-5-7-9-13/h5-9,14,18H,4,10-12,16H2,1-3H3. The Hall–Kier alpha value is -0.900. The van der Waals surface area contributed by atoms with E-state index in [9.17, 15) is 5.11 Å². The second-order valence-corrected chi connectivity index (χ2v) is 5.62. The van der Waals surface area contributed by atoms with Gasteiger partial charge in [-0.05, 0) is 24.1 Å². The molecule has 3 heteroatoms. The first kappa shape index (κ1) is 15.2. The van der Waals surface area contributed by atoms with Crippen molar-refractivity contribution < 1.29 is 5.11 Å². The number of benzene rings is 1. The molecule has 1 rings (SSSR count). The van der Waals surface area contributed by atoms with Crippen LogP contribution in [0, 0.1) is 5.41 Å². The zero-order valence-corrected chi connectivity index (χ0v) is 11.8. The molecule has 1 aromatic carbocycles. The van der Waals surface area contributed by atoms with Crippen molar-refractivity contribution >= 4 is 0 Å². The molecule has 0 aliphatic heterocycles. The third-order valence-electron chi connectivity index (χ3n) is 3.27. The van der Waals surface area contributed by atoms with E-state index in [0.29, 0.717) is 13.1 Å². The summed E-state index contributed by atoms with van der Waals surface area (Å²) in [4.78, 5) is 2.25. The van der Waals surface area contributed by atoms with E-state index in [1.54, 1.807) is 0 Å². The van der Waals surface area contributed by atoms with Crippen LogP contribution in [0.15, 0.2) is 30.3 Å². The van der Waals surface area contributed by atoms with E-state index in [0.717, 1.165) is 18.7 Å². The van der Waals surface area contributed by atoms with Crippen LogP contribution >= 0.6 is 0 Å². The van der Waals surface area contributed by atoms with Gasteiger partial charge in [-0.15, -0.1) is 0 Å². The Morgan fingerprint density at radius 3 is 2.39 bits per heavy atom. The predicted molar refractivity (Wildman–Crippen MR) is 76.4 cm³/mol. The Morgan fingerprint density at radius 2 is 1.89 bits per heavy atom. The van der Waals surface area contributed by atoms with Gasteiger partial charge in [0.2, 0.25) is 0 Å². The van der Waals surface area contributed by atoms with Crippen molar-refractivity contribution in [1.82, 2.24) is 4.90 Å². The fourth-order valence-corrected chi connectivity index (χ4v) is 2.00. The van der Waals surface area contributed by atoms with Gasteiger partial charge >= 0.3 is 0 Å². The highest BCUT2D eigenvalue weighted by molar-refractivity contribution is 5.17. The van der Waals surface area contributed by atoms with Crippen molar-refractivity contribution in [3.63, 3.8) is 0 Å². The maximum absolute atomic E-state index is 10.2. The summed E-state index contributed by atoms with van der Waals surface area (Å²) in [5, 5.41) is 10.2. The van der Waals surface area contributed by atoms with Crippen molar-refractivity contribution in [2.45, 2.75) is 26.9 Å². The average Bonchev–Trinajstić information content (AvgIpc) is 2.38. The second kappa shape index (κ2) is 6.88. The molecule has 0 aromatic heterocycles. The molecular weight excluding hydrogens is 224 g/mol. The Bertz CT molecular complexity index is 338. The number of nitrogens with zero attached hydrogens (tertiary/aromatic N) is 1. The van der Waals surface area contributed by atoms with Crippen LogP contribution in [0.3, 0.4) is 0 Å². The molecule has 3 N–H and O–H groups in total. The maximum Gasteiger partial charge on any atom is 0.0916 e. The van der Waals surface area contributed by atoms with Gasteiger partial charge in [-0.2, -0.15) is 0 Å². The molecule has 1 aromatic rings. The van der Waals surface area contributed by atoms with Gasteiger partial charge < -0.3 is 15.7 Å². The first-order valence-electron chi connectivity index (χ1n) is 6.64. The number of hydrogen-bond donors (Lipinski definition) is 2. The number of hydrogen-bond acceptors (Lipinski definition) is 3. The molecule has 1 unspecified atom stereocenters. The van der Waals surface area contributed by atoms with Crippen LogP contribution in [0.2, 0.25) is 0 Å². The fraction of sp³-hybridized carbons (Fsp3) is 0.600. The van der Waals surface area contributed by atoms with Crippen molar-refractivity contribution in [3.8, 4) is 0 Å². The summed E-state index contributed by atoms with van der Waals surface area (Å²) in [7, 11) is 0. The number of likely N-dealkylation sites (N-methyl/N-ethyl adjacent to an activating group) is 1. The van der Waals surface area contributed by atoms with E-state index in [1.165, 1.54) is 0 Å². The first-order chi connectivity index (χ1) is 8.48. The largest absolute Gasteiger partial charge is 0.387 e. The summed E-state index contributed by atoms with van der Waals surface area (Å²) >= 11 is 0. The van der Waals surface area contributed by atoms with Crippen molar-refractivity contribution in [1.29, 1.82) is 0 Å². The lowest BCUT2D eigenvalue weighted by molar-refractivity contribution is 0.0931. The van der Waals surface area contributed by atoms with E-state index >= 15 is 0 Å². The van der Waals surface area contributed by atoms with Crippen LogP contribution in [0.25, 0.3) is 0 Å². The number of aliphatic hydroxyl groups excluding tert-OH is 1. The van der Waals surface area contributed by atoms with Crippen LogP contribution in [0.4, 0.5) is 0 Å². The van der Waals surface area contributed by atoms with E-state index in [4.69, 9.17) is 5.73 Å². The normalized spacial score (nSPS) is 13.9. The van der Waals surface area contributed by atoms with E-state index in [2.05, 4.69) is 25.7 Å². The lowest BCUT2D eigenvalue weighted by Crippen LogP contribution is -2.40. The highest BCUT2D eigenvalue weighted by Crippen LogP contribution is 2.18. The number of rotatable bonds is 7. The van der Waals surface area contributed by atoms with Gasteiger partial charge in [-0.25, -0.2) is 0 Å². The Balaban J connectivity index is 2.58. The molecule has 0 aliphatic carbocycles. The van der Waals surface area contributed by atoms with Gasteiger partial charge in [0.1, 0.15) is 0 Å². The van der Waals surface area contributed by atoms with Gasteiger partial charge in [0.05, 0.1) is 6.10 Å². The quantitative estimate of drug-likeness (QED) is 0.778. The van der Waals surface area contributed by atoms with Gasteiger partial charge in [-0.1, -0.05) is 51.1 Å². The van der Waals surface area contributed by atoms with Crippen LogP contribution in [-0.4, -0.2) is 36.2 Å². The molecule has 0 aliphatic rings. The average molecular weight is 250 g/mol. The highest BCUT2D eigenvalue weighted by atomic mass is 16.3. The Labute approximate surface area is 111 Å². The third-order valence-corrected chi connectivity index (χ3v) is 3.27. The Morgan fingerprint density at radius 1 is 1.28 bits per heavy atom. The smallest absolute Gasteiger partial charge is 0.0916 e. The van der Waals surface area contributed by atoms with Crippen molar-refractivity contribution in [2.24, 2.45) is 11.1 Å². The zero-order chi connectivity index (χ0) is 13.6. The topological polar surface area (TPSA) is 49.5 Å². The molecule has 1 atom stereocenters. The van der Waals surface area contributed by atoms with E-state index in [-0.39, 0.29) is 5.41 Å². The molecule has 0 heterocycles. The van der Waals surface area contributed by atoms with Crippen molar-refractivity contribution in [2.75, 3.05) is 26.2 Å². The van der Waals surface area contributed by atoms with Gasteiger partial charge in [0.25, 0.3) is 0 Å². The number of aliphatic hydroxyl groups is 1. The predicted octanol–water partition coefficient (Wildman–Crippen LogP) is 2.03.